The van der Waals surface area contributed by atoms with Crippen LogP contribution in [0.3, 0.4) is 0 Å². The Labute approximate surface area is 236 Å². The Balaban J connectivity index is 1.77. The van der Waals surface area contributed by atoms with Gasteiger partial charge in [-0.25, -0.2) is 0 Å². The van der Waals surface area contributed by atoms with E-state index in [1.54, 1.807) is 19.3 Å². The summed E-state index contributed by atoms with van der Waals surface area (Å²) in [6, 6.07) is 21.3. The number of benzene rings is 2. The monoisotopic (exact) mass is 546 g/mol. The van der Waals surface area contributed by atoms with Crippen LogP contribution in [-0.4, -0.2) is 40.2 Å². The van der Waals surface area contributed by atoms with E-state index in [1.165, 1.54) is 10.4 Å². The molecule has 3 rings (SSSR count). The van der Waals surface area contributed by atoms with Crippen molar-refractivity contribution >= 4 is 30.8 Å². The van der Waals surface area contributed by atoms with Crippen molar-refractivity contribution in [2.45, 2.75) is 77.9 Å². The molecule has 0 amide bonds. The third-order valence-electron chi connectivity index (χ3n) is 8.29. The fourth-order valence-electron chi connectivity index (χ4n) is 6.35. The molecule has 0 spiro atoms. The maximum absolute atomic E-state index is 13.2. The largest absolute Gasteiger partial charge is 0.407 e. The zero-order chi connectivity index (χ0) is 28.5. The molecule has 0 N–H and O–H groups in total. The highest BCUT2D eigenvalue weighted by molar-refractivity contribution is 6.99. The van der Waals surface area contributed by atoms with Gasteiger partial charge in [-0.2, -0.15) is 0 Å². The number of methoxy groups -OCH3 is 1. The fraction of sp³-hybridized carbons (Fsp3) is 0.471. The molecule has 0 heterocycles. The van der Waals surface area contributed by atoms with Gasteiger partial charge in [-0.1, -0.05) is 99.0 Å². The van der Waals surface area contributed by atoms with E-state index in [1.807, 2.05) is 13.8 Å². The van der Waals surface area contributed by atoms with Crippen LogP contribution in [0, 0.1) is 11.8 Å². The molecule has 4 nitrogen and oxygen atoms in total. The molecule has 0 bridgehead atoms. The number of aldehydes is 1. The van der Waals surface area contributed by atoms with Crippen molar-refractivity contribution in [3.63, 3.8) is 0 Å². The second-order valence-corrected chi connectivity index (χ2v) is 16.3. The number of rotatable bonds is 12. The van der Waals surface area contributed by atoms with Crippen LogP contribution in [0.4, 0.5) is 0 Å². The Bertz CT molecular complexity index is 1090. The standard InChI is InChI=1S/C34H46O4Si/c1-26(24-28(36)25-32-31(27(2)20-22-35)18-13-19-33(32)37-6)21-23-38-39(34(3,4)5,29-14-9-7-10-15-29)30-16-11-8-12-17-30/h7-12,14-17,20,22,24,31-33H,13,18-19,21,23,25H2,1-6H3/b26-24-,27-20+/t31-,32-,33+/m0/s1. The van der Waals surface area contributed by atoms with E-state index >= 15 is 0 Å². The van der Waals surface area contributed by atoms with Gasteiger partial charge in [-0.3, -0.25) is 9.59 Å². The summed E-state index contributed by atoms with van der Waals surface area (Å²) in [6.07, 6.45) is 8.44. The van der Waals surface area contributed by atoms with Gasteiger partial charge in [-0.15, -0.1) is 0 Å². The molecule has 2 aromatic rings. The topological polar surface area (TPSA) is 52.6 Å². The predicted molar refractivity (Wildman–Crippen MR) is 163 cm³/mol. The lowest BCUT2D eigenvalue weighted by Crippen LogP contribution is -2.66. The zero-order valence-corrected chi connectivity index (χ0v) is 25.6. The van der Waals surface area contributed by atoms with Crippen LogP contribution >= 0.6 is 0 Å². The number of carbonyl (C=O) groups excluding carboxylic acids is 2. The quantitative estimate of drug-likeness (QED) is 0.175. The normalized spacial score (nSPS) is 21.0. The van der Waals surface area contributed by atoms with E-state index in [0.29, 0.717) is 19.4 Å². The summed E-state index contributed by atoms with van der Waals surface area (Å²) in [7, 11) is -0.870. The molecular weight excluding hydrogens is 500 g/mol. The van der Waals surface area contributed by atoms with Crippen molar-refractivity contribution in [1.82, 2.24) is 0 Å². The molecule has 1 aliphatic rings. The Morgan fingerprint density at radius 3 is 2.08 bits per heavy atom. The van der Waals surface area contributed by atoms with Gasteiger partial charge >= 0.3 is 0 Å². The highest BCUT2D eigenvalue weighted by atomic mass is 28.4. The second kappa shape index (κ2) is 14.2. The number of allylic oxidation sites excluding steroid dienone is 3. The molecule has 0 aliphatic heterocycles. The fourth-order valence-corrected chi connectivity index (χ4v) is 10.9. The molecule has 0 saturated heterocycles. The number of hydrogen-bond donors (Lipinski definition) is 0. The summed E-state index contributed by atoms with van der Waals surface area (Å²) < 4.78 is 12.8. The molecule has 39 heavy (non-hydrogen) atoms. The Kier molecular flexibility index (Phi) is 11.2. The molecule has 0 aromatic heterocycles. The Hall–Kier alpha value is -2.60. The first-order chi connectivity index (χ1) is 18.6. The van der Waals surface area contributed by atoms with Crippen molar-refractivity contribution < 1.29 is 18.8 Å². The zero-order valence-electron chi connectivity index (χ0n) is 24.6. The van der Waals surface area contributed by atoms with Crippen LogP contribution < -0.4 is 10.4 Å². The van der Waals surface area contributed by atoms with Gasteiger partial charge < -0.3 is 9.16 Å². The van der Waals surface area contributed by atoms with E-state index in [9.17, 15) is 9.59 Å². The Morgan fingerprint density at radius 2 is 1.56 bits per heavy atom. The van der Waals surface area contributed by atoms with Crippen LogP contribution in [0.5, 0.6) is 0 Å². The third-order valence-corrected chi connectivity index (χ3v) is 13.3. The van der Waals surface area contributed by atoms with Crippen LogP contribution in [0.25, 0.3) is 0 Å². The minimum Gasteiger partial charge on any atom is -0.407 e. The van der Waals surface area contributed by atoms with Gasteiger partial charge in [-0.05, 0) is 72.5 Å². The first-order valence-electron chi connectivity index (χ1n) is 14.2. The highest BCUT2D eigenvalue weighted by Crippen LogP contribution is 2.39. The van der Waals surface area contributed by atoms with Crippen molar-refractivity contribution in [2.75, 3.05) is 13.7 Å². The van der Waals surface area contributed by atoms with E-state index in [-0.39, 0.29) is 28.8 Å². The molecule has 0 radical (unpaired) electrons. The third kappa shape index (κ3) is 7.53. The highest BCUT2D eigenvalue weighted by Gasteiger charge is 2.50. The van der Waals surface area contributed by atoms with Gasteiger partial charge in [0.15, 0.2) is 5.78 Å². The SMILES string of the molecule is CO[C@@H]1CCC[C@@H](/C(C)=C/C=O)[C@@H]1CC(=O)/C=C(/C)CCO[Si](c1ccccc1)(c1ccccc1)C(C)(C)C. The first-order valence-corrected chi connectivity index (χ1v) is 16.1. The summed E-state index contributed by atoms with van der Waals surface area (Å²) in [4.78, 5) is 24.3. The average Bonchev–Trinajstić information content (AvgIpc) is 2.91. The van der Waals surface area contributed by atoms with Crippen molar-refractivity contribution in [3.8, 4) is 0 Å². The number of hydrogen-bond acceptors (Lipinski definition) is 4. The smallest absolute Gasteiger partial charge is 0.261 e. The van der Waals surface area contributed by atoms with Crippen LogP contribution in [-0.2, 0) is 18.8 Å². The molecule has 210 valence electrons. The minimum atomic E-state index is -2.60. The molecular formula is C34H46O4Si. The number of ether oxygens (including phenoxy) is 1. The summed E-state index contributed by atoms with van der Waals surface area (Å²) in [5.41, 5.74) is 2.07. The summed E-state index contributed by atoms with van der Waals surface area (Å²) in [6.45, 7) is 11.4. The Morgan fingerprint density at radius 1 is 0.974 bits per heavy atom. The average molecular weight is 547 g/mol. The molecule has 1 fully saturated rings. The maximum atomic E-state index is 13.2. The van der Waals surface area contributed by atoms with E-state index in [4.69, 9.17) is 9.16 Å². The molecule has 1 aliphatic carbocycles. The van der Waals surface area contributed by atoms with E-state index in [0.717, 1.165) is 36.7 Å². The first kappa shape index (κ1) is 30.9. The lowest BCUT2D eigenvalue weighted by Gasteiger charge is -2.43. The molecule has 2 aromatic carbocycles. The van der Waals surface area contributed by atoms with Gasteiger partial charge in [0.25, 0.3) is 8.32 Å². The molecule has 5 heteroatoms. The van der Waals surface area contributed by atoms with Gasteiger partial charge in [0, 0.05) is 20.1 Å². The van der Waals surface area contributed by atoms with E-state index in [2.05, 4.69) is 81.4 Å². The number of carbonyl (C=O) groups is 2. The molecule has 3 atom stereocenters. The van der Waals surface area contributed by atoms with Gasteiger partial charge in [0.1, 0.15) is 6.29 Å². The number of ketones is 1. The summed E-state index contributed by atoms with van der Waals surface area (Å²) in [5.74, 6) is 0.408. The van der Waals surface area contributed by atoms with Gasteiger partial charge in [0.05, 0.1) is 6.10 Å². The summed E-state index contributed by atoms with van der Waals surface area (Å²) in [5, 5.41) is 2.43. The predicted octanol–water partition coefficient (Wildman–Crippen LogP) is 6.44. The lowest BCUT2D eigenvalue weighted by atomic mass is 9.71. The van der Waals surface area contributed by atoms with Crippen LogP contribution in [0.1, 0.15) is 66.7 Å². The van der Waals surface area contributed by atoms with Crippen LogP contribution in [0.2, 0.25) is 5.04 Å². The van der Waals surface area contributed by atoms with Crippen molar-refractivity contribution in [3.05, 3.63) is 84.0 Å². The summed E-state index contributed by atoms with van der Waals surface area (Å²) >= 11 is 0. The van der Waals surface area contributed by atoms with E-state index < -0.39 is 8.32 Å². The van der Waals surface area contributed by atoms with Crippen LogP contribution in [0.15, 0.2) is 84.0 Å². The van der Waals surface area contributed by atoms with Crippen molar-refractivity contribution in [1.29, 1.82) is 0 Å². The minimum absolute atomic E-state index is 0.0369. The molecule has 1 saturated carbocycles. The second-order valence-electron chi connectivity index (χ2n) is 11.9. The maximum Gasteiger partial charge on any atom is 0.261 e. The molecule has 0 unspecified atom stereocenters. The van der Waals surface area contributed by atoms with Crippen molar-refractivity contribution in [2.24, 2.45) is 11.8 Å². The lowest BCUT2D eigenvalue weighted by molar-refractivity contribution is -0.118. The van der Waals surface area contributed by atoms with Gasteiger partial charge in [0.2, 0.25) is 0 Å².